The van der Waals surface area contributed by atoms with Gasteiger partial charge in [0.05, 0.1) is 22.1 Å². The first-order valence-corrected chi connectivity index (χ1v) is 9.07. The van der Waals surface area contributed by atoms with Gasteiger partial charge in [-0.25, -0.2) is 13.4 Å². The maximum absolute atomic E-state index is 12.4. The molecule has 0 saturated carbocycles. The van der Waals surface area contributed by atoms with Crippen molar-refractivity contribution in [3.05, 3.63) is 59.9 Å². The minimum absolute atomic E-state index is 0.146. The van der Waals surface area contributed by atoms with Gasteiger partial charge in [0.25, 0.3) is 5.91 Å². The van der Waals surface area contributed by atoms with Gasteiger partial charge in [-0.2, -0.15) is 0 Å². The Kier molecular flexibility index (Phi) is 4.02. The van der Waals surface area contributed by atoms with Crippen LogP contribution in [-0.4, -0.2) is 30.5 Å². The van der Waals surface area contributed by atoms with Crippen LogP contribution in [0.3, 0.4) is 0 Å². The molecule has 1 N–H and O–H groups in total. The molecule has 1 heterocycles. The molecule has 1 aromatic heterocycles. The molecule has 7 heteroatoms. The van der Waals surface area contributed by atoms with Gasteiger partial charge in [0.15, 0.2) is 9.84 Å². The van der Waals surface area contributed by atoms with Crippen LogP contribution in [0.4, 0.5) is 5.69 Å². The lowest BCUT2D eigenvalue weighted by atomic mass is 10.2. The van der Waals surface area contributed by atoms with Gasteiger partial charge >= 0.3 is 0 Å². The Morgan fingerprint density at radius 2 is 1.79 bits per heavy atom. The third-order valence-electron chi connectivity index (χ3n) is 3.57. The van der Waals surface area contributed by atoms with E-state index in [2.05, 4.69) is 15.3 Å². The van der Waals surface area contributed by atoms with Gasteiger partial charge in [-0.15, -0.1) is 0 Å². The molecule has 3 aromatic rings. The first kappa shape index (κ1) is 16.1. The van der Waals surface area contributed by atoms with Crippen LogP contribution >= 0.6 is 0 Å². The van der Waals surface area contributed by atoms with Crippen LogP contribution in [0.2, 0.25) is 0 Å². The average Bonchev–Trinajstić information content (AvgIpc) is 2.55. The summed E-state index contributed by atoms with van der Waals surface area (Å²) < 4.78 is 23.3. The topological polar surface area (TPSA) is 89.0 Å². The molecule has 6 nitrogen and oxygen atoms in total. The minimum Gasteiger partial charge on any atom is -0.320 e. The maximum atomic E-state index is 12.4. The van der Waals surface area contributed by atoms with E-state index in [1.807, 2.05) is 18.2 Å². The number of rotatable bonds is 3. The maximum Gasteiger partial charge on any atom is 0.275 e. The third-order valence-corrected chi connectivity index (χ3v) is 4.68. The molecule has 3 rings (SSSR count). The Labute approximate surface area is 139 Å². The van der Waals surface area contributed by atoms with Crippen LogP contribution in [0, 0.1) is 6.92 Å². The van der Waals surface area contributed by atoms with Crippen LogP contribution in [0.1, 0.15) is 16.1 Å². The molecule has 0 radical (unpaired) electrons. The monoisotopic (exact) mass is 341 g/mol. The van der Waals surface area contributed by atoms with Crippen LogP contribution in [0.15, 0.2) is 53.6 Å². The summed E-state index contributed by atoms with van der Waals surface area (Å²) in [5.74, 6) is -0.443. The summed E-state index contributed by atoms with van der Waals surface area (Å²) in [6, 6.07) is 11.8. The number of carbonyl (C=O) groups excluding carboxylic acids is 1. The van der Waals surface area contributed by atoms with E-state index in [9.17, 15) is 13.2 Å². The van der Waals surface area contributed by atoms with E-state index in [0.29, 0.717) is 16.7 Å². The fraction of sp³-hybridized carbons (Fsp3) is 0.118. The average molecular weight is 341 g/mol. The standard InChI is InChI=1S/C17H15N3O3S/c1-11-7-8-12(24(2,22)23)9-15(11)20-17(21)16-10-18-13-5-3-4-6-14(13)19-16/h3-10H,1-2H3,(H,20,21). The molecule has 2 aromatic carbocycles. The van der Waals surface area contributed by atoms with E-state index in [1.54, 1.807) is 19.1 Å². The van der Waals surface area contributed by atoms with E-state index >= 15 is 0 Å². The lowest BCUT2D eigenvalue weighted by Gasteiger charge is -2.10. The van der Waals surface area contributed by atoms with Crippen molar-refractivity contribution in [1.29, 1.82) is 0 Å². The lowest BCUT2D eigenvalue weighted by Crippen LogP contribution is -2.15. The van der Waals surface area contributed by atoms with Crippen molar-refractivity contribution in [2.45, 2.75) is 11.8 Å². The molecule has 0 spiro atoms. The van der Waals surface area contributed by atoms with Crippen molar-refractivity contribution in [2.24, 2.45) is 0 Å². The third kappa shape index (κ3) is 3.26. The Hall–Kier alpha value is -2.80. The summed E-state index contributed by atoms with van der Waals surface area (Å²) in [6.45, 7) is 1.79. The number of para-hydroxylation sites is 2. The van der Waals surface area contributed by atoms with Gasteiger partial charge in [-0.3, -0.25) is 9.78 Å². The Morgan fingerprint density at radius 1 is 1.08 bits per heavy atom. The molecule has 0 atom stereocenters. The lowest BCUT2D eigenvalue weighted by molar-refractivity contribution is 0.102. The number of nitrogens with zero attached hydrogens (tertiary/aromatic N) is 2. The van der Waals surface area contributed by atoms with Crippen LogP contribution in [0.5, 0.6) is 0 Å². The van der Waals surface area contributed by atoms with Crippen LogP contribution < -0.4 is 5.32 Å². The van der Waals surface area contributed by atoms with E-state index in [-0.39, 0.29) is 10.6 Å². The summed E-state index contributed by atoms with van der Waals surface area (Å²) in [5, 5.41) is 2.70. The number of nitrogens with one attached hydrogen (secondary N) is 1. The Balaban J connectivity index is 1.93. The SMILES string of the molecule is Cc1ccc(S(C)(=O)=O)cc1NC(=O)c1cnc2ccccc2n1. The smallest absolute Gasteiger partial charge is 0.275 e. The van der Waals surface area contributed by atoms with Gasteiger partial charge in [-0.1, -0.05) is 18.2 Å². The molecule has 0 aliphatic heterocycles. The normalized spacial score (nSPS) is 11.4. The van der Waals surface area contributed by atoms with Gasteiger partial charge in [0.1, 0.15) is 5.69 Å². The van der Waals surface area contributed by atoms with E-state index < -0.39 is 15.7 Å². The highest BCUT2D eigenvalue weighted by atomic mass is 32.2. The first-order valence-electron chi connectivity index (χ1n) is 7.18. The highest BCUT2D eigenvalue weighted by molar-refractivity contribution is 7.90. The molecule has 0 aliphatic rings. The Morgan fingerprint density at radius 3 is 2.50 bits per heavy atom. The number of amides is 1. The quantitative estimate of drug-likeness (QED) is 0.791. The summed E-state index contributed by atoms with van der Waals surface area (Å²) in [4.78, 5) is 21.0. The van der Waals surface area contributed by atoms with Gasteiger partial charge in [0.2, 0.25) is 0 Å². The minimum atomic E-state index is -3.35. The molecule has 0 saturated heterocycles. The van der Waals surface area contributed by atoms with Crippen molar-refractivity contribution in [3.63, 3.8) is 0 Å². The summed E-state index contributed by atoms with van der Waals surface area (Å²) in [5.41, 5.74) is 2.66. The molecule has 0 aliphatic carbocycles. The second kappa shape index (κ2) is 6.01. The number of benzene rings is 2. The zero-order valence-electron chi connectivity index (χ0n) is 13.1. The molecule has 24 heavy (non-hydrogen) atoms. The molecule has 1 amide bonds. The molecular formula is C17H15N3O3S. The van der Waals surface area contributed by atoms with Gasteiger partial charge < -0.3 is 5.32 Å². The second-order valence-corrected chi connectivity index (χ2v) is 7.46. The predicted molar refractivity (Wildman–Crippen MR) is 91.8 cm³/mol. The van der Waals surface area contributed by atoms with E-state index in [4.69, 9.17) is 0 Å². The fourth-order valence-electron chi connectivity index (χ4n) is 2.22. The van der Waals surface area contributed by atoms with E-state index in [0.717, 1.165) is 11.8 Å². The van der Waals surface area contributed by atoms with Gasteiger partial charge in [-0.05, 0) is 36.8 Å². The molecule has 122 valence electrons. The number of carbonyl (C=O) groups is 1. The molecule has 0 fully saturated rings. The number of aromatic nitrogens is 2. The number of anilines is 1. The zero-order chi connectivity index (χ0) is 17.3. The first-order chi connectivity index (χ1) is 11.3. The number of sulfone groups is 1. The molecule has 0 bridgehead atoms. The zero-order valence-corrected chi connectivity index (χ0v) is 14.0. The number of hydrogen-bond donors (Lipinski definition) is 1. The number of aryl methyl sites for hydroxylation is 1. The number of hydrogen-bond acceptors (Lipinski definition) is 5. The summed E-state index contributed by atoms with van der Waals surface area (Å²) >= 11 is 0. The van der Waals surface area contributed by atoms with Crippen molar-refractivity contribution in [1.82, 2.24) is 9.97 Å². The highest BCUT2D eigenvalue weighted by Gasteiger charge is 2.14. The van der Waals surface area contributed by atoms with Crippen molar-refractivity contribution in [3.8, 4) is 0 Å². The Bertz CT molecular complexity index is 1050. The predicted octanol–water partition coefficient (Wildman–Crippen LogP) is 2.59. The van der Waals surface area contributed by atoms with E-state index in [1.165, 1.54) is 18.3 Å². The van der Waals surface area contributed by atoms with Crippen molar-refractivity contribution in [2.75, 3.05) is 11.6 Å². The summed E-state index contributed by atoms with van der Waals surface area (Å²) in [7, 11) is -3.35. The van der Waals surface area contributed by atoms with Crippen molar-refractivity contribution < 1.29 is 13.2 Å². The highest BCUT2D eigenvalue weighted by Crippen LogP contribution is 2.21. The molecular weight excluding hydrogens is 326 g/mol. The number of fused-ring (bicyclic) bond motifs is 1. The fourth-order valence-corrected chi connectivity index (χ4v) is 2.87. The van der Waals surface area contributed by atoms with Gasteiger partial charge in [0, 0.05) is 11.9 Å². The molecule has 0 unspecified atom stereocenters. The van der Waals surface area contributed by atoms with Crippen LogP contribution in [-0.2, 0) is 9.84 Å². The summed E-state index contributed by atoms with van der Waals surface area (Å²) in [6.07, 6.45) is 2.52. The van der Waals surface area contributed by atoms with Crippen LogP contribution in [0.25, 0.3) is 11.0 Å². The van der Waals surface area contributed by atoms with Crippen molar-refractivity contribution >= 4 is 32.5 Å². The largest absolute Gasteiger partial charge is 0.320 e. The second-order valence-electron chi connectivity index (χ2n) is 5.45.